The van der Waals surface area contributed by atoms with Gasteiger partial charge >= 0.3 is 0 Å². The molecule has 22 heavy (non-hydrogen) atoms. The second kappa shape index (κ2) is 5.77. The van der Waals surface area contributed by atoms with E-state index in [-0.39, 0.29) is 11.6 Å². The molecule has 0 fully saturated rings. The Bertz CT molecular complexity index is 807. The van der Waals surface area contributed by atoms with Crippen LogP contribution in [-0.4, -0.2) is 25.7 Å². The first-order valence-corrected chi connectivity index (χ1v) is 6.85. The number of rotatable bonds is 3. The molecule has 2 heterocycles. The smallest absolute Gasteiger partial charge is 0.276 e. The first-order chi connectivity index (χ1) is 10.6. The number of aromatic nitrogens is 4. The minimum Gasteiger partial charge on any atom is -0.321 e. The number of nitrogens with zero attached hydrogens (tertiary/aromatic N) is 4. The predicted molar refractivity (Wildman–Crippen MR) is 83.0 cm³/mol. The maximum absolute atomic E-state index is 12.2. The molecule has 0 aliphatic rings. The molecule has 0 aliphatic carbocycles. The first kappa shape index (κ1) is 13.9. The summed E-state index contributed by atoms with van der Waals surface area (Å²) in [4.78, 5) is 16.3. The van der Waals surface area contributed by atoms with Crippen molar-refractivity contribution < 1.29 is 4.79 Å². The molecule has 0 spiro atoms. The van der Waals surface area contributed by atoms with Crippen molar-refractivity contribution in [3.05, 3.63) is 65.9 Å². The van der Waals surface area contributed by atoms with Gasteiger partial charge in [-0.25, -0.2) is 4.98 Å². The maximum Gasteiger partial charge on any atom is 0.276 e. The van der Waals surface area contributed by atoms with Gasteiger partial charge in [0.2, 0.25) is 0 Å². The number of nitrogens with one attached hydrogen (secondary N) is 1. The van der Waals surface area contributed by atoms with Crippen LogP contribution in [0.3, 0.4) is 0 Å². The highest BCUT2D eigenvalue weighted by Gasteiger charge is 2.10. The van der Waals surface area contributed by atoms with E-state index in [1.807, 2.05) is 38.1 Å². The number of carbonyl (C=O) groups excluding carboxylic acids is 1. The lowest BCUT2D eigenvalue weighted by Crippen LogP contribution is -2.15. The van der Waals surface area contributed by atoms with Crippen molar-refractivity contribution >= 4 is 11.6 Å². The van der Waals surface area contributed by atoms with Gasteiger partial charge in [-0.1, -0.05) is 12.1 Å². The quantitative estimate of drug-likeness (QED) is 0.805. The molecule has 0 saturated carbocycles. The minimum absolute atomic E-state index is 0.267. The van der Waals surface area contributed by atoms with Gasteiger partial charge in [0.25, 0.3) is 5.91 Å². The third-order valence-corrected chi connectivity index (χ3v) is 3.23. The predicted octanol–water partition coefficient (Wildman–Crippen LogP) is 2.53. The Morgan fingerprint density at radius 2 is 2.00 bits per heavy atom. The van der Waals surface area contributed by atoms with Crippen molar-refractivity contribution in [2.45, 2.75) is 13.8 Å². The monoisotopic (exact) mass is 293 g/mol. The van der Waals surface area contributed by atoms with E-state index in [1.54, 1.807) is 29.1 Å². The van der Waals surface area contributed by atoms with Gasteiger partial charge in [0.15, 0.2) is 11.5 Å². The van der Waals surface area contributed by atoms with Gasteiger partial charge < -0.3 is 5.32 Å². The fourth-order valence-corrected chi connectivity index (χ4v) is 2.11. The number of imidazole rings is 1. The van der Waals surface area contributed by atoms with Crippen molar-refractivity contribution in [2.75, 3.05) is 5.32 Å². The summed E-state index contributed by atoms with van der Waals surface area (Å²) in [6, 6.07) is 11.0. The van der Waals surface area contributed by atoms with Crippen LogP contribution in [0.15, 0.2) is 48.8 Å². The average Bonchev–Trinajstić information content (AvgIpc) is 2.93. The molecule has 6 heteroatoms. The summed E-state index contributed by atoms with van der Waals surface area (Å²) < 4.78 is 1.80. The summed E-state index contributed by atoms with van der Waals surface area (Å²) >= 11 is 0. The Morgan fingerprint density at radius 3 is 2.64 bits per heavy atom. The number of amides is 1. The normalized spacial score (nSPS) is 10.5. The summed E-state index contributed by atoms with van der Waals surface area (Å²) in [6.45, 7) is 3.84. The molecule has 0 saturated heterocycles. The summed E-state index contributed by atoms with van der Waals surface area (Å²) in [5, 5.41) is 10.9. The molecular weight excluding hydrogens is 278 g/mol. The molecule has 1 aromatic carbocycles. The van der Waals surface area contributed by atoms with Crippen LogP contribution in [0.5, 0.6) is 0 Å². The first-order valence-electron chi connectivity index (χ1n) is 6.85. The van der Waals surface area contributed by atoms with E-state index in [4.69, 9.17) is 0 Å². The number of hydrogen-bond acceptors (Lipinski definition) is 4. The van der Waals surface area contributed by atoms with E-state index in [9.17, 15) is 4.79 Å². The lowest BCUT2D eigenvalue weighted by Gasteiger charge is -2.06. The SMILES string of the molecule is Cc1cccc(NC(=O)c2ccc(-n3ccnc3C)nn2)c1. The minimum atomic E-state index is -0.285. The molecule has 3 rings (SSSR count). The van der Waals surface area contributed by atoms with Gasteiger partial charge in [0, 0.05) is 18.1 Å². The molecule has 0 radical (unpaired) electrons. The summed E-state index contributed by atoms with van der Waals surface area (Å²) in [5.41, 5.74) is 2.08. The molecule has 0 bridgehead atoms. The van der Waals surface area contributed by atoms with Crippen LogP contribution in [0.1, 0.15) is 21.9 Å². The summed E-state index contributed by atoms with van der Waals surface area (Å²) in [6.07, 6.45) is 3.49. The Morgan fingerprint density at radius 1 is 1.14 bits per heavy atom. The van der Waals surface area contributed by atoms with Crippen LogP contribution in [-0.2, 0) is 0 Å². The van der Waals surface area contributed by atoms with E-state index < -0.39 is 0 Å². The molecule has 0 aliphatic heterocycles. The van der Waals surface area contributed by atoms with Gasteiger partial charge in [-0.2, -0.15) is 0 Å². The Labute approximate surface area is 127 Å². The second-order valence-corrected chi connectivity index (χ2v) is 4.94. The number of carbonyl (C=O) groups is 1. The highest BCUT2D eigenvalue weighted by Crippen LogP contribution is 2.11. The molecule has 6 nitrogen and oxygen atoms in total. The molecule has 110 valence electrons. The third-order valence-electron chi connectivity index (χ3n) is 3.23. The summed E-state index contributed by atoms with van der Waals surface area (Å²) in [7, 11) is 0. The van der Waals surface area contributed by atoms with Crippen molar-refractivity contribution in [3.63, 3.8) is 0 Å². The van der Waals surface area contributed by atoms with Gasteiger partial charge in [0.1, 0.15) is 5.82 Å². The second-order valence-electron chi connectivity index (χ2n) is 4.94. The van der Waals surface area contributed by atoms with Crippen LogP contribution in [0, 0.1) is 13.8 Å². The maximum atomic E-state index is 12.2. The van der Waals surface area contributed by atoms with Gasteiger partial charge in [0.05, 0.1) is 0 Å². The van der Waals surface area contributed by atoms with Crippen LogP contribution in [0.2, 0.25) is 0 Å². The fraction of sp³-hybridized carbons (Fsp3) is 0.125. The van der Waals surface area contributed by atoms with Crippen molar-refractivity contribution in [3.8, 4) is 5.82 Å². The standard InChI is InChI=1S/C16H15N5O/c1-11-4-3-5-13(10-11)18-16(22)14-6-7-15(20-19-14)21-9-8-17-12(21)2/h3-10H,1-2H3,(H,18,22). The zero-order chi connectivity index (χ0) is 15.5. The zero-order valence-electron chi connectivity index (χ0n) is 12.3. The van der Waals surface area contributed by atoms with Crippen molar-refractivity contribution in [2.24, 2.45) is 0 Å². The zero-order valence-corrected chi connectivity index (χ0v) is 12.3. The van der Waals surface area contributed by atoms with E-state index in [2.05, 4.69) is 20.5 Å². The third kappa shape index (κ3) is 2.85. The number of hydrogen-bond donors (Lipinski definition) is 1. The van der Waals surface area contributed by atoms with Crippen LogP contribution >= 0.6 is 0 Å². The molecule has 1 N–H and O–H groups in total. The Kier molecular flexibility index (Phi) is 3.65. The lowest BCUT2D eigenvalue weighted by atomic mass is 10.2. The fourth-order valence-electron chi connectivity index (χ4n) is 2.11. The number of benzene rings is 1. The molecule has 3 aromatic rings. The van der Waals surface area contributed by atoms with Gasteiger partial charge in [-0.3, -0.25) is 9.36 Å². The van der Waals surface area contributed by atoms with Crippen LogP contribution in [0.25, 0.3) is 5.82 Å². The molecular formula is C16H15N5O. The average molecular weight is 293 g/mol. The number of anilines is 1. The summed E-state index contributed by atoms with van der Waals surface area (Å²) in [5.74, 6) is 1.15. The van der Waals surface area contributed by atoms with Crippen LogP contribution < -0.4 is 5.32 Å². The van der Waals surface area contributed by atoms with E-state index in [1.165, 1.54) is 0 Å². The Hall–Kier alpha value is -3.02. The highest BCUT2D eigenvalue weighted by atomic mass is 16.1. The molecule has 0 atom stereocenters. The van der Waals surface area contributed by atoms with E-state index >= 15 is 0 Å². The molecule has 0 unspecified atom stereocenters. The molecule has 2 aromatic heterocycles. The topological polar surface area (TPSA) is 72.7 Å². The lowest BCUT2D eigenvalue weighted by molar-refractivity contribution is 0.102. The van der Waals surface area contributed by atoms with E-state index in [0.717, 1.165) is 17.1 Å². The number of aryl methyl sites for hydroxylation is 2. The van der Waals surface area contributed by atoms with E-state index in [0.29, 0.717) is 5.82 Å². The Balaban J connectivity index is 1.78. The molecule has 1 amide bonds. The van der Waals surface area contributed by atoms with Crippen molar-refractivity contribution in [1.82, 2.24) is 19.7 Å². The van der Waals surface area contributed by atoms with Crippen molar-refractivity contribution in [1.29, 1.82) is 0 Å². The van der Waals surface area contributed by atoms with Gasteiger partial charge in [-0.15, -0.1) is 10.2 Å². The van der Waals surface area contributed by atoms with Crippen LogP contribution in [0.4, 0.5) is 5.69 Å². The largest absolute Gasteiger partial charge is 0.321 e. The highest BCUT2D eigenvalue weighted by molar-refractivity contribution is 6.02. The van der Waals surface area contributed by atoms with Gasteiger partial charge in [-0.05, 0) is 43.7 Å².